The van der Waals surface area contributed by atoms with Crippen molar-refractivity contribution in [1.29, 1.82) is 0 Å². The minimum Gasteiger partial charge on any atom is -0.423 e. The van der Waals surface area contributed by atoms with Gasteiger partial charge in [0.2, 0.25) is 5.91 Å². The standard InChI is InChI=1S/C23H22FN5O2/c1-15-14-21(29(27-15)18-8-6-17(24)7-9-18)26-22(30)16-10-12-28(13-11-16)23-25-19-4-2-3-5-20(19)31-23/h2-9,14,16H,10-13H2,1H3,(H,26,30). The molecule has 0 spiro atoms. The maximum atomic E-state index is 13.3. The lowest BCUT2D eigenvalue weighted by Crippen LogP contribution is -2.38. The van der Waals surface area contributed by atoms with E-state index in [9.17, 15) is 9.18 Å². The van der Waals surface area contributed by atoms with Crippen molar-refractivity contribution in [3.8, 4) is 5.69 Å². The van der Waals surface area contributed by atoms with Crippen LogP contribution in [-0.4, -0.2) is 33.8 Å². The fraction of sp³-hybridized carbons (Fsp3) is 0.261. The summed E-state index contributed by atoms with van der Waals surface area (Å²) in [6.45, 7) is 3.25. The van der Waals surface area contributed by atoms with Gasteiger partial charge in [0.1, 0.15) is 17.2 Å². The number of anilines is 2. The number of amides is 1. The number of hydrogen-bond donors (Lipinski definition) is 1. The van der Waals surface area contributed by atoms with Crippen LogP contribution in [0.15, 0.2) is 59.0 Å². The van der Waals surface area contributed by atoms with Crippen molar-refractivity contribution in [2.24, 2.45) is 5.92 Å². The maximum Gasteiger partial charge on any atom is 0.298 e. The quantitative estimate of drug-likeness (QED) is 0.533. The van der Waals surface area contributed by atoms with Gasteiger partial charge in [0.15, 0.2) is 5.58 Å². The van der Waals surface area contributed by atoms with Gasteiger partial charge < -0.3 is 14.6 Å². The fourth-order valence-electron chi connectivity index (χ4n) is 3.92. The van der Waals surface area contributed by atoms with Crippen LogP contribution < -0.4 is 10.2 Å². The highest BCUT2D eigenvalue weighted by Gasteiger charge is 2.28. The number of para-hydroxylation sites is 2. The number of carbonyl (C=O) groups is 1. The van der Waals surface area contributed by atoms with E-state index < -0.39 is 0 Å². The van der Waals surface area contributed by atoms with Crippen LogP contribution in [0.25, 0.3) is 16.8 Å². The largest absolute Gasteiger partial charge is 0.423 e. The van der Waals surface area contributed by atoms with Crippen molar-refractivity contribution < 1.29 is 13.6 Å². The lowest BCUT2D eigenvalue weighted by Gasteiger charge is -2.30. The van der Waals surface area contributed by atoms with Crippen LogP contribution in [0.2, 0.25) is 0 Å². The van der Waals surface area contributed by atoms with Gasteiger partial charge in [-0.25, -0.2) is 9.07 Å². The van der Waals surface area contributed by atoms with Crippen LogP contribution in [0.3, 0.4) is 0 Å². The predicted octanol–water partition coefficient (Wildman–Crippen LogP) is 4.32. The Morgan fingerprint density at radius 3 is 2.61 bits per heavy atom. The van der Waals surface area contributed by atoms with Crippen LogP contribution >= 0.6 is 0 Å². The van der Waals surface area contributed by atoms with E-state index in [4.69, 9.17) is 4.42 Å². The summed E-state index contributed by atoms with van der Waals surface area (Å²) in [5.74, 6) is 0.109. The molecule has 1 N–H and O–H groups in total. The number of halogens is 1. The second kappa shape index (κ2) is 7.86. The predicted molar refractivity (Wildman–Crippen MR) is 116 cm³/mol. The second-order valence-corrected chi connectivity index (χ2v) is 7.77. The SMILES string of the molecule is Cc1cc(NC(=O)C2CCN(c3nc4ccccc4o3)CC2)n(-c2ccc(F)cc2)n1. The van der Waals surface area contributed by atoms with E-state index in [-0.39, 0.29) is 17.6 Å². The molecule has 3 heterocycles. The summed E-state index contributed by atoms with van der Waals surface area (Å²) in [5.41, 5.74) is 3.06. The molecule has 0 aliphatic carbocycles. The van der Waals surface area contributed by atoms with Crippen molar-refractivity contribution in [1.82, 2.24) is 14.8 Å². The van der Waals surface area contributed by atoms with Crippen LogP contribution in [0.5, 0.6) is 0 Å². The molecule has 5 rings (SSSR count). The molecule has 0 saturated carbocycles. The van der Waals surface area contributed by atoms with E-state index in [2.05, 4.69) is 20.3 Å². The molecule has 31 heavy (non-hydrogen) atoms. The summed E-state index contributed by atoms with van der Waals surface area (Å²) in [4.78, 5) is 19.6. The first-order chi connectivity index (χ1) is 15.1. The topological polar surface area (TPSA) is 76.2 Å². The number of fused-ring (bicyclic) bond motifs is 1. The number of oxazole rings is 1. The third kappa shape index (κ3) is 3.88. The van der Waals surface area contributed by atoms with E-state index in [1.807, 2.05) is 37.3 Å². The summed E-state index contributed by atoms with van der Waals surface area (Å²) >= 11 is 0. The molecule has 0 bridgehead atoms. The van der Waals surface area contributed by atoms with E-state index >= 15 is 0 Å². The Kier molecular flexibility index (Phi) is 4.89. The number of carbonyl (C=O) groups excluding carboxylic acids is 1. The number of benzene rings is 2. The average Bonchev–Trinajstić information content (AvgIpc) is 3.37. The lowest BCUT2D eigenvalue weighted by molar-refractivity contribution is -0.120. The summed E-state index contributed by atoms with van der Waals surface area (Å²) in [5, 5.41) is 7.43. The molecule has 158 valence electrons. The Labute approximate surface area is 178 Å². The van der Waals surface area contributed by atoms with Crippen LogP contribution in [0.4, 0.5) is 16.2 Å². The molecule has 1 saturated heterocycles. The van der Waals surface area contributed by atoms with Crippen molar-refractivity contribution in [2.45, 2.75) is 19.8 Å². The molecule has 2 aromatic carbocycles. The number of rotatable bonds is 4. The van der Waals surface area contributed by atoms with E-state index in [1.165, 1.54) is 12.1 Å². The Morgan fingerprint density at radius 1 is 1.13 bits per heavy atom. The van der Waals surface area contributed by atoms with Gasteiger partial charge >= 0.3 is 0 Å². The third-order valence-corrected chi connectivity index (χ3v) is 5.57. The number of nitrogens with one attached hydrogen (secondary N) is 1. The van der Waals surface area contributed by atoms with Crippen molar-refractivity contribution >= 4 is 28.8 Å². The fourth-order valence-corrected chi connectivity index (χ4v) is 3.92. The van der Waals surface area contributed by atoms with Gasteiger partial charge in [-0.1, -0.05) is 12.1 Å². The molecule has 1 amide bonds. The molecule has 1 aliphatic rings. The van der Waals surface area contributed by atoms with Crippen molar-refractivity contribution in [2.75, 3.05) is 23.3 Å². The average molecular weight is 419 g/mol. The van der Waals surface area contributed by atoms with Gasteiger partial charge in [-0.3, -0.25) is 4.79 Å². The molecule has 7 nitrogen and oxygen atoms in total. The minimum atomic E-state index is -0.316. The molecule has 0 atom stereocenters. The van der Waals surface area contributed by atoms with E-state index in [0.717, 1.165) is 16.8 Å². The number of nitrogens with zero attached hydrogens (tertiary/aromatic N) is 4. The molecular weight excluding hydrogens is 397 g/mol. The van der Waals surface area contributed by atoms with Gasteiger partial charge in [-0.15, -0.1) is 0 Å². The minimum absolute atomic E-state index is 0.0412. The molecule has 4 aromatic rings. The Hall–Kier alpha value is -3.68. The number of aryl methyl sites for hydroxylation is 1. The van der Waals surface area contributed by atoms with Gasteiger partial charge in [0.05, 0.1) is 11.4 Å². The highest BCUT2D eigenvalue weighted by Crippen LogP contribution is 2.27. The third-order valence-electron chi connectivity index (χ3n) is 5.57. The van der Waals surface area contributed by atoms with Crippen molar-refractivity contribution in [3.63, 3.8) is 0 Å². The number of piperidine rings is 1. The number of aromatic nitrogens is 3. The molecule has 2 aromatic heterocycles. The molecule has 1 aliphatic heterocycles. The molecule has 8 heteroatoms. The molecule has 1 fully saturated rings. The summed E-state index contributed by atoms with van der Waals surface area (Å²) in [6, 6.07) is 16.1. The van der Waals surface area contributed by atoms with Crippen LogP contribution in [0, 0.1) is 18.7 Å². The highest BCUT2D eigenvalue weighted by atomic mass is 19.1. The molecule has 0 radical (unpaired) electrons. The van der Waals surface area contributed by atoms with Gasteiger partial charge in [0.25, 0.3) is 6.01 Å². The smallest absolute Gasteiger partial charge is 0.298 e. The zero-order valence-corrected chi connectivity index (χ0v) is 17.1. The Morgan fingerprint density at radius 2 is 1.87 bits per heavy atom. The summed E-state index contributed by atoms with van der Waals surface area (Å²) < 4.78 is 20.7. The van der Waals surface area contributed by atoms with Gasteiger partial charge in [-0.05, 0) is 56.2 Å². The monoisotopic (exact) mass is 419 g/mol. The normalized spacial score (nSPS) is 14.8. The van der Waals surface area contributed by atoms with Gasteiger partial charge in [0, 0.05) is 25.1 Å². The first-order valence-corrected chi connectivity index (χ1v) is 10.3. The molecule has 0 unspecified atom stereocenters. The Balaban J connectivity index is 1.26. The van der Waals surface area contributed by atoms with E-state index in [0.29, 0.717) is 43.5 Å². The second-order valence-electron chi connectivity index (χ2n) is 7.77. The summed E-state index contributed by atoms with van der Waals surface area (Å²) in [7, 11) is 0. The van der Waals surface area contributed by atoms with Crippen LogP contribution in [-0.2, 0) is 4.79 Å². The molecular formula is C23H22FN5O2. The van der Waals surface area contributed by atoms with Gasteiger partial charge in [-0.2, -0.15) is 10.1 Å². The maximum absolute atomic E-state index is 13.3. The lowest BCUT2D eigenvalue weighted by atomic mass is 9.96. The Bertz CT molecular complexity index is 1190. The highest BCUT2D eigenvalue weighted by molar-refractivity contribution is 5.92. The first kappa shape index (κ1) is 19.3. The summed E-state index contributed by atoms with van der Waals surface area (Å²) in [6.07, 6.45) is 1.41. The van der Waals surface area contributed by atoms with Crippen LogP contribution in [0.1, 0.15) is 18.5 Å². The zero-order chi connectivity index (χ0) is 21.4. The zero-order valence-electron chi connectivity index (χ0n) is 17.1. The van der Waals surface area contributed by atoms with Crippen molar-refractivity contribution in [3.05, 3.63) is 66.1 Å². The number of hydrogen-bond acceptors (Lipinski definition) is 5. The first-order valence-electron chi connectivity index (χ1n) is 10.3. The van der Waals surface area contributed by atoms with E-state index in [1.54, 1.807) is 16.8 Å².